The van der Waals surface area contributed by atoms with E-state index in [2.05, 4.69) is 24.0 Å². The fourth-order valence-electron chi connectivity index (χ4n) is 3.44. The molecule has 1 fully saturated rings. The highest BCUT2D eigenvalue weighted by molar-refractivity contribution is 5.85. The van der Waals surface area contributed by atoms with E-state index in [9.17, 15) is 4.79 Å². The van der Waals surface area contributed by atoms with E-state index in [1.54, 1.807) is 0 Å². The number of rotatable bonds is 7. The van der Waals surface area contributed by atoms with Gasteiger partial charge in [0.05, 0.1) is 19.6 Å². The predicted molar refractivity (Wildman–Crippen MR) is 123 cm³/mol. The van der Waals surface area contributed by atoms with Crippen LogP contribution in [0.2, 0.25) is 0 Å². The van der Waals surface area contributed by atoms with Crippen LogP contribution in [0.3, 0.4) is 0 Å². The van der Waals surface area contributed by atoms with Crippen LogP contribution in [-0.4, -0.2) is 54.6 Å². The summed E-state index contributed by atoms with van der Waals surface area (Å²) in [6, 6.07) is 17.9. The lowest BCUT2D eigenvalue weighted by molar-refractivity contribution is -0.133. The van der Waals surface area contributed by atoms with Crippen molar-refractivity contribution < 1.29 is 9.53 Å². The number of ether oxygens (including phenoxy) is 1. The molecule has 1 aliphatic rings. The van der Waals surface area contributed by atoms with Gasteiger partial charge in [-0.15, -0.1) is 24.8 Å². The monoisotopic (exact) mass is 439 g/mol. The molecule has 2 aromatic rings. The maximum Gasteiger partial charge on any atom is 0.227 e. The second-order valence-electron chi connectivity index (χ2n) is 7.19. The molecule has 0 spiro atoms. The normalized spacial score (nSPS) is 14.9. The molecule has 1 amide bonds. The van der Waals surface area contributed by atoms with Crippen LogP contribution in [0.25, 0.3) is 0 Å². The Morgan fingerprint density at radius 2 is 1.66 bits per heavy atom. The lowest BCUT2D eigenvalue weighted by Crippen LogP contribution is -2.48. The Balaban J connectivity index is 0.00000210. The maximum atomic E-state index is 13.1. The van der Waals surface area contributed by atoms with Crippen molar-refractivity contribution in [2.45, 2.75) is 25.9 Å². The van der Waals surface area contributed by atoms with Crippen LogP contribution in [0.5, 0.6) is 0 Å². The first-order chi connectivity index (χ1) is 13.1. The summed E-state index contributed by atoms with van der Waals surface area (Å²) in [6.07, 6.45) is 0.389. The molecule has 7 heteroatoms. The number of hydrogen-bond donors (Lipinski definition) is 1. The predicted octanol–water partition coefficient (Wildman–Crippen LogP) is 3.40. The van der Waals surface area contributed by atoms with Crippen LogP contribution in [0.4, 0.5) is 5.69 Å². The molecule has 0 aromatic heterocycles. The maximum absolute atomic E-state index is 13.1. The molecule has 2 N–H and O–H groups in total. The first-order valence-corrected chi connectivity index (χ1v) is 9.60. The van der Waals surface area contributed by atoms with Gasteiger partial charge in [0.1, 0.15) is 0 Å². The fraction of sp³-hybridized carbons (Fsp3) is 0.409. The number of nitrogen functional groups attached to an aromatic ring is 1. The van der Waals surface area contributed by atoms with E-state index in [0.29, 0.717) is 18.7 Å². The Hall–Kier alpha value is -1.79. The third kappa shape index (κ3) is 7.86. The van der Waals surface area contributed by atoms with E-state index < -0.39 is 0 Å². The minimum Gasteiger partial charge on any atom is -0.399 e. The van der Waals surface area contributed by atoms with Crippen molar-refractivity contribution in [3.05, 3.63) is 65.7 Å². The molecule has 0 aliphatic carbocycles. The summed E-state index contributed by atoms with van der Waals surface area (Å²) in [4.78, 5) is 17.5. The van der Waals surface area contributed by atoms with Crippen molar-refractivity contribution in [3.63, 3.8) is 0 Å². The van der Waals surface area contributed by atoms with Crippen LogP contribution < -0.4 is 5.73 Å². The molecule has 5 nitrogen and oxygen atoms in total. The van der Waals surface area contributed by atoms with E-state index in [-0.39, 0.29) is 36.8 Å². The molecule has 2 aromatic carbocycles. The van der Waals surface area contributed by atoms with Gasteiger partial charge in [-0.3, -0.25) is 9.69 Å². The summed E-state index contributed by atoms with van der Waals surface area (Å²) >= 11 is 0. The summed E-state index contributed by atoms with van der Waals surface area (Å²) in [7, 11) is 0. The summed E-state index contributed by atoms with van der Waals surface area (Å²) in [6.45, 7) is 7.02. The molecule has 29 heavy (non-hydrogen) atoms. The molecule has 3 rings (SSSR count). The number of anilines is 1. The Bertz CT molecular complexity index is 723. The van der Waals surface area contributed by atoms with E-state index in [1.165, 1.54) is 0 Å². The lowest BCUT2D eigenvalue weighted by atomic mass is 10.1. The van der Waals surface area contributed by atoms with Crippen LogP contribution in [0.15, 0.2) is 54.6 Å². The van der Waals surface area contributed by atoms with E-state index in [0.717, 1.165) is 44.0 Å². The molecule has 1 saturated heterocycles. The number of nitrogens with zero attached hydrogens (tertiary/aromatic N) is 2. The summed E-state index contributed by atoms with van der Waals surface area (Å²) in [5.41, 5.74) is 8.62. The van der Waals surface area contributed by atoms with Gasteiger partial charge < -0.3 is 15.4 Å². The van der Waals surface area contributed by atoms with Crippen molar-refractivity contribution in [1.29, 1.82) is 0 Å². The average Bonchev–Trinajstić information content (AvgIpc) is 2.69. The number of amides is 1. The van der Waals surface area contributed by atoms with Gasteiger partial charge in [0, 0.05) is 37.9 Å². The average molecular weight is 440 g/mol. The van der Waals surface area contributed by atoms with Crippen molar-refractivity contribution in [1.82, 2.24) is 9.80 Å². The molecule has 1 unspecified atom stereocenters. The van der Waals surface area contributed by atoms with E-state index >= 15 is 0 Å². The van der Waals surface area contributed by atoms with Gasteiger partial charge in [-0.25, -0.2) is 0 Å². The fourth-order valence-corrected chi connectivity index (χ4v) is 3.44. The molecule has 0 radical (unpaired) electrons. The third-order valence-electron chi connectivity index (χ3n) is 5.01. The van der Waals surface area contributed by atoms with Gasteiger partial charge in [0.25, 0.3) is 0 Å². The number of morpholine rings is 1. The summed E-state index contributed by atoms with van der Waals surface area (Å²) < 4.78 is 5.44. The summed E-state index contributed by atoms with van der Waals surface area (Å²) in [5, 5.41) is 0. The van der Waals surface area contributed by atoms with E-state index in [4.69, 9.17) is 10.5 Å². The molecule has 1 atom stereocenters. The number of hydrogen-bond acceptors (Lipinski definition) is 4. The van der Waals surface area contributed by atoms with Crippen LogP contribution in [0, 0.1) is 0 Å². The summed E-state index contributed by atoms with van der Waals surface area (Å²) in [5.74, 6) is 0.143. The Morgan fingerprint density at radius 1 is 1.03 bits per heavy atom. The molecule has 1 heterocycles. The highest BCUT2D eigenvalue weighted by Gasteiger charge is 2.23. The lowest BCUT2D eigenvalue weighted by Gasteiger charge is -2.35. The Kier molecular flexibility index (Phi) is 11.1. The zero-order chi connectivity index (χ0) is 19.1. The second kappa shape index (κ2) is 12.7. The van der Waals surface area contributed by atoms with Crippen LogP contribution >= 0.6 is 24.8 Å². The SMILES string of the molecule is CC(CN1CCOCC1)N(Cc1ccccc1)C(=O)Cc1ccc(N)cc1.Cl.Cl. The minimum absolute atomic E-state index is 0. The van der Waals surface area contributed by atoms with Gasteiger partial charge in [-0.05, 0) is 30.2 Å². The molecular weight excluding hydrogens is 409 g/mol. The zero-order valence-corrected chi connectivity index (χ0v) is 18.5. The highest BCUT2D eigenvalue weighted by Crippen LogP contribution is 2.14. The number of carbonyl (C=O) groups is 1. The number of carbonyl (C=O) groups excluding carboxylic acids is 1. The quantitative estimate of drug-likeness (QED) is 0.671. The molecule has 0 bridgehead atoms. The van der Waals surface area contributed by atoms with Crippen molar-refractivity contribution in [3.8, 4) is 0 Å². The largest absolute Gasteiger partial charge is 0.399 e. The van der Waals surface area contributed by atoms with Gasteiger partial charge in [0.15, 0.2) is 0 Å². The van der Waals surface area contributed by atoms with Crippen molar-refractivity contribution >= 4 is 36.4 Å². The standard InChI is InChI=1S/C22H29N3O2.2ClH/c1-18(16-24-11-13-27-14-12-24)25(17-20-5-3-2-4-6-20)22(26)15-19-7-9-21(23)10-8-19;;/h2-10,18H,11-17,23H2,1H3;2*1H. The van der Waals surface area contributed by atoms with Gasteiger partial charge in [-0.1, -0.05) is 42.5 Å². The van der Waals surface area contributed by atoms with E-state index in [1.807, 2.05) is 47.4 Å². The van der Waals surface area contributed by atoms with Crippen molar-refractivity contribution in [2.24, 2.45) is 0 Å². The van der Waals surface area contributed by atoms with Crippen molar-refractivity contribution in [2.75, 3.05) is 38.6 Å². The third-order valence-corrected chi connectivity index (χ3v) is 5.01. The van der Waals surface area contributed by atoms with Crippen LogP contribution in [-0.2, 0) is 22.5 Å². The molecule has 1 aliphatic heterocycles. The van der Waals surface area contributed by atoms with Crippen LogP contribution in [0.1, 0.15) is 18.1 Å². The molecule has 160 valence electrons. The topological polar surface area (TPSA) is 58.8 Å². The first-order valence-electron chi connectivity index (χ1n) is 9.60. The highest BCUT2D eigenvalue weighted by atomic mass is 35.5. The zero-order valence-electron chi connectivity index (χ0n) is 16.8. The number of halogens is 2. The number of benzene rings is 2. The Morgan fingerprint density at radius 3 is 2.28 bits per heavy atom. The molecule has 0 saturated carbocycles. The number of nitrogens with two attached hydrogens (primary N) is 1. The van der Waals surface area contributed by atoms with Gasteiger partial charge in [-0.2, -0.15) is 0 Å². The second-order valence-corrected chi connectivity index (χ2v) is 7.19. The Labute approximate surface area is 186 Å². The van der Waals surface area contributed by atoms with Gasteiger partial charge in [0.2, 0.25) is 5.91 Å². The minimum atomic E-state index is 0. The van der Waals surface area contributed by atoms with Gasteiger partial charge >= 0.3 is 0 Å². The smallest absolute Gasteiger partial charge is 0.227 e. The first kappa shape index (κ1) is 25.2. The molecular formula is C22H31Cl2N3O2.